The first-order valence-corrected chi connectivity index (χ1v) is 6.36. The Morgan fingerprint density at radius 1 is 1.53 bits per heavy atom. The van der Waals surface area contributed by atoms with Crippen LogP contribution in [0.1, 0.15) is 17.8 Å². The number of hydrogen-bond acceptors (Lipinski definition) is 4. The molecule has 1 aromatic rings. The molecule has 0 aliphatic rings. The van der Waals surface area contributed by atoms with Gasteiger partial charge in [0, 0.05) is 17.5 Å². The van der Waals surface area contributed by atoms with E-state index in [1.54, 1.807) is 11.8 Å². The second-order valence-electron chi connectivity index (χ2n) is 3.93. The third-order valence-corrected chi connectivity index (χ3v) is 3.43. The van der Waals surface area contributed by atoms with Crippen molar-refractivity contribution in [3.05, 3.63) is 22.4 Å². The van der Waals surface area contributed by atoms with Gasteiger partial charge in [-0.2, -0.15) is 0 Å². The highest BCUT2D eigenvalue weighted by molar-refractivity contribution is 7.10. The molecule has 0 spiro atoms. The van der Waals surface area contributed by atoms with Crippen LogP contribution >= 0.6 is 11.3 Å². The van der Waals surface area contributed by atoms with Crippen LogP contribution in [0.4, 0.5) is 8.78 Å². The van der Waals surface area contributed by atoms with Crippen LogP contribution in [0.2, 0.25) is 0 Å². The number of nitrogens with two attached hydrogens (primary N) is 1. The molecule has 1 heterocycles. The van der Waals surface area contributed by atoms with Gasteiger partial charge < -0.3 is 10.8 Å². The highest BCUT2D eigenvalue weighted by Crippen LogP contribution is 2.27. The average Bonchev–Trinajstić information content (AvgIpc) is 2.70. The number of alkyl halides is 2. The molecule has 6 heteroatoms. The zero-order valence-electron chi connectivity index (χ0n) is 9.72. The van der Waals surface area contributed by atoms with Crippen molar-refractivity contribution in [2.24, 2.45) is 5.73 Å². The topological polar surface area (TPSA) is 49.5 Å². The summed E-state index contributed by atoms with van der Waals surface area (Å²) in [6, 6.07) is 3.22. The summed E-state index contributed by atoms with van der Waals surface area (Å²) in [5.74, 6) is 0. The minimum Gasteiger partial charge on any atom is -0.395 e. The van der Waals surface area contributed by atoms with Gasteiger partial charge in [-0.3, -0.25) is 4.90 Å². The Kier molecular flexibility index (Phi) is 5.97. The van der Waals surface area contributed by atoms with Crippen molar-refractivity contribution in [1.29, 1.82) is 0 Å². The maximum absolute atomic E-state index is 12.5. The van der Waals surface area contributed by atoms with E-state index in [4.69, 9.17) is 10.8 Å². The summed E-state index contributed by atoms with van der Waals surface area (Å²) < 4.78 is 25.0. The van der Waals surface area contributed by atoms with Gasteiger partial charge in [-0.05, 0) is 18.4 Å². The first-order valence-electron chi connectivity index (χ1n) is 5.48. The van der Waals surface area contributed by atoms with E-state index in [1.165, 1.54) is 11.3 Å². The van der Waals surface area contributed by atoms with Crippen LogP contribution in [0.3, 0.4) is 0 Å². The SMILES string of the molecule is CC(N)C(c1cccs1)N(CCO)CC(F)F. The van der Waals surface area contributed by atoms with Crippen molar-refractivity contribution >= 4 is 11.3 Å². The Morgan fingerprint density at radius 2 is 2.24 bits per heavy atom. The van der Waals surface area contributed by atoms with Crippen LogP contribution in [0.25, 0.3) is 0 Å². The molecule has 3 N–H and O–H groups in total. The van der Waals surface area contributed by atoms with Crippen LogP contribution in [0, 0.1) is 0 Å². The smallest absolute Gasteiger partial charge is 0.251 e. The maximum atomic E-state index is 12.5. The second kappa shape index (κ2) is 7.00. The fourth-order valence-corrected chi connectivity index (χ4v) is 2.86. The summed E-state index contributed by atoms with van der Waals surface area (Å²) in [5.41, 5.74) is 5.87. The summed E-state index contributed by atoms with van der Waals surface area (Å²) in [4.78, 5) is 2.50. The zero-order valence-corrected chi connectivity index (χ0v) is 10.5. The van der Waals surface area contributed by atoms with Crippen molar-refractivity contribution in [3.63, 3.8) is 0 Å². The minimum absolute atomic E-state index is 0.151. The van der Waals surface area contributed by atoms with Gasteiger partial charge in [-0.25, -0.2) is 8.78 Å². The molecule has 17 heavy (non-hydrogen) atoms. The number of nitrogens with zero attached hydrogens (tertiary/aromatic N) is 1. The van der Waals surface area contributed by atoms with Crippen LogP contribution in [0.15, 0.2) is 17.5 Å². The molecule has 2 unspecified atom stereocenters. The lowest BCUT2D eigenvalue weighted by atomic mass is 10.1. The van der Waals surface area contributed by atoms with E-state index >= 15 is 0 Å². The highest BCUT2D eigenvalue weighted by atomic mass is 32.1. The van der Waals surface area contributed by atoms with Crippen LogP contribution in [0.5, 0.6) is 0 Å². The molecule has 0 saturated carbocycles. The molecule has 0 aliphatic carbocycles. The monoisotopic (exact) mass is 264 g/mol. The van der Waals surface area contributed by atoms with E-state index in [0.29, 0.717) is 0 Å². The minimum atomic E-state index is -2.43. The summed E-state index contributed by atoms with van der Waals surface area (Å²) in [6.45, 7) is 1.47. The highest BCUT2D eigenvalue weighted by Gasteiger charge is 2.26. The van der Waals surface area contributed by atoms with Gasteiger partial charge in [-0.15, -0.1) is 11.3 Å². The summed E-state index contributed by atoms with van der Waals surface area (Å²) in [5, 5.41) is 10.8. The molecule has 0 amide bonds. The molecular weight excluding hydrogens is 246 g/mol. The van der Waals surface area contributed by atoms with Crippen molar-refractivity contribution in [3.8, 4) is 0 Å². The molecule has 98 valence electrons. The van der Waals surface area contributed by atoms with Crippen molar-refractivity contribution in [2.75, 3.05) is 19.7 Å². The predicted octanol–water partition coefficient (Wildman–Crippen LogP) is 1.70. The third-order valence-electron chi connectivity index (χ3n) is 2.49. The van der Waals surface area contributed by atoms with E-state index in [0.717, 1.165) is 4.88 Å². The second-order valence-corrected chi connectivity index (χ2v) is 4.91. The molecule has 0 bridgehead atoms. The third kappa shape index (κ3) is 4.31. The molecule has 0 saturated heterocycles. The van der Waals surface area contributed by atoms with Crippen molar-refractivity contribution in [2.45, 2.75) is 25.4 Å². The number of halogens is 2. The molecule has 0 fully saturated rings. The molecule has 0 radical (unpaired) electrons. The largest absolute Gasteiger partial charge is 0.395 e. The molecule has 2 atom stereocenters. The van der Waals surface area contributed by atoms with Crippen molar-refractivity contribution < 1.29 is 13.9 Å². The van der Waals surface area contributed by atoms with Crippen LogP contribution in [-0.2, 0) is 0 Å². The normalized spacial score (nSPS) is 15.5. The van der Waals surface area contributed by atoms with Gasteiger partial charge in [0.15, 0.2) is 0 Å². The number of aliphatic hydroxyl groups is 1. The van der Waals surface area contributed by atoms with Gasteiger partial charge in [0.2, 0.25) is 0 Å². The first-order chi connectivity index (χ1) is 8.06. The fraction of sp³-hybridized carbons (Fsp3) is 0.636. The van der Waals surface area contributed by atoms with Gasteiger partial charge >= 0.3 is 0 Å². The summed E-state index contributed by atoms with van der Waals surface area (Å²) in [7, 11) is 0. The average molecular weight is 264 g/mol. The Morgan fingerprint density at radius 3 is 2.65 bits per heavy atom. The molecule has 3 nitrogen and oxygen atoms in total. The Balaban J connectivity index is 2.85. The molecular formula is C11H18F2N2OS. The van der Waals surface area contributed by atoms with E-state index in [2.05, 4.69) is 0 Å². The van der Waals surface area contributed by atoms with Crippen molar-refractivity contribution in [1.82, 2.24) is 4.90 Å². The lowest BCUT2D eigenvalue weighted by Gasteiger charge is -2.32. The number of aliphatic hydroxyl groups excluding tert-OH is 1. The lowest BCUT2D eigenvalue weighted by molar-refractivity contribution is 0.0496. The first kappa shape index (κ1) is 14.5. The Hall–Kier alpha value is -0.560. The molecule has 1 rings (SSSR count). The lowest BCUT2D eigenvalue weighted by Crippen LogP contribution is -2.42. The predicted molar refractivity (Wildman–Crippen MR) is 65.4 cm³/mol. The van der Waals surface area contributed by atoms with Gasteiger partial charge in [0.05, 0.1) is 19.2 Å². The number of rotatable bonds is 7. The van der Waals surface area contributed by atoms with Gasteiger partial charge in [-0.1, -0.05) is 6.07 Å². The van der Waals surface area contributed by atoms with Crippen LogP contribution in [-0.4, -0.2) is 42.2 Å². The van der Waals surface area contributed by atoms with E-state index < -0.39 is 6.43 Å². The summed E-state index contributed by atoms with van der Waals surface area (Å²) >= 11 is 1.49. The van der Waals surface area contributed by atoms with Crippen LogP contribution < -0.4 is 5.73 Å². The Bertz CT molecular complexity index is 306. The quantitative estimate of drug-likeness (QED) is 0.788. The number of thiophene rings is 1. The fourth-order valence-electron chi connectivity index (χ4n) is 1.88. The van der Waals surface area contributed by atoms with Gasteiger partial charge in [0.1, 0.15) is 0 Å². The zero-order chi connectivity index (χ0) is 12.8. The van der Waals surface area contributed by atoms with E-state index in [1.807, 2.05) is 17.5 Å². The molecule has 1 aromatic heterocycles. The standard InChI is InChI=1S/C11H18F2N2OS/c1-8(14)11(9-3-2-6-17-9)15(4-5-16)7-10(12)13/h2-3,6,8,10-11,16H,4-5,7,14H2,1H3. The van der Waals surface area contributed by atoms with Gasteiger partial charge in [0.25, 0.3) is 6.43 Å². The number of hydrogen-bond donors (Lipinski definition) is 2. The van der Waals surface area contributed by atoms with E-state index in [9.17, 15) is 8.78 Å². The Labute approximate surface area is 104 Å². The molecule has 0 aliphatic heterocycles. The van der Waals surface area contributed by atoms with E-state index in [-0.39, 0.29) is 31.8 Å². The summed E-state index contributed by atoms with van der Waals surface area (Å²) in [6.07, 6.45) is -2.43. The molecule has 0 aromatic carbocycles. The maximum Gasteiger partial charge on any atom is 0.251 e.